The van der Waals surface area contributed by atoms with Crippen LogP contribution in [0.25, 0.3) is 6.08 Å². The summed E-state index contributed by atoms with van der Waals surface area (Å²) >= 11 is 0. The highest BCUT2D eigenvalue weighted by Gasteiger charge is 2.41. The molecule has 15 heavy (non-hydrogen) atoms. The number of carbonyl (C=O) groups is 1. The maximum Gasteiger partial charge on any atom is 0.491 e. The van der Waals surface area contributed by atoms with E-state index in [9.17, 15) is 18.0 Å². The first-order valence-corrected chi connectivity index (χ1v) is 3.95. The molecule has 0 amide bonds. The lowest BCUT2D eigenvalue weighted by Gasteiger charge is -2.06. The van der Waals surface area contributed by atoms with Gasteiger partial charge in [-0.1, -0.05) is 24.8 Å². The number of alkyl halides is 3. The van der Waals surface area contributed by atoms with Crippen molar-refractivity contribution in [1.82, 2.24) is 0 Å². The lowest BCUT2D eigenvalue weighted by Crippen LogP contribution is -2.27. The Morgan fingerprint density at radius 2 is 2.07 bits per heavy atom. The molecular formula is C10H7F3O2. The van der Waals surface area contributed by atoms with Crippen LogP contribution in [-0.2, 0) is 4.79 Å². The van der Waals surface area contributed by atoms with Crippen LogP contribution < -0.4 is 4.74 Å². The van der Waals surface area contributed by atoms with Crippen molar-refractivity contribution >= 4 is 12.0 Å². The van der Waals surface area contributed by atoms with E-state index in [4.69, 9.17) is 0 Å². The standard InChI is InChI=1S/C10H7F3O2/c1-2-7-4-3-5-8(6-7)15-9(14)10(11,12)13/h2-6H,1H2. The van der Waals surface area contributed by atoms with Gasteiger partial charge in [0.15, 0.2) is 0 Å². The van der Waals surface area contributed by atoms with Crippen LogP contribution in [0.5, 0.6) is 5.75 Å². The van der Waals surface area contributed by atoms with Crippen molar-refractivity contribution in [3.8, 4) is 5.75 Å². The third-order valence-corrected chi connectivity index (χ3v) is 1.54. The van der Waals surface area contributed by atoms with Gasteiger partial charge in [0.2, 0.25) is 0 Å². The molecule has 0 fully saturated rings. The number of halogens is 3. The molecule has 80 valence electrons. The van der Waals surface area contributed by atoms with Crippen molar-refractivity contribution in [2.24, 2.45) is 0 Å². The normalized spacial score (nSPS) is 10.9. The molecule has 0 aromatic heterocycles. The van der Waals surface area contributed by atoms with Gasteiger partial charge in [0.1, 0.15) is 5.75 Å². The zero-order valence-electron chi connectivity index (χ0n) is 7.54. The number of ether oxygens (including phenoxy) is 1. The van der Waals surface area contributed by atoms with E-state index in [0.717, 1.165) is 0 Å². The van der Waals surface area contributed by atoms with Gasteiger partial charge in [-0.05, 0) is 17.7 Å². The molecule has 5 heteroatoms. The Hall–Kier alpha value is -1.78. The molecule has 0 unspecified atom stereocenters. The molecule has 2 nitrogen and oxygen atoms in total. The summed E-state index contributed by atoms with van der Waals surface area (Å²) in [5, 5.41) is 0. The van der Waals surface area contributed by atoms with Crippen LogP contribution in [0.1, 0.15) is 5.56 Å². The molecule has 0 aliphatic heterocycles. The highest BCUT2D eigenvalue weighted by molar-refractivity contribution is 5.78. The highest BCUT2D eigenvalue weighted by atomic mass is 19.4. The summed E-state index contributed by atoms with van der Waals surface area (Å²) < 4.78 is 39.6. The molecule has 0 atom stereocenters. The van der Waals surface area contributed by atoms with Crippen LogP contribution in [0.15, 0.2) is 30.8 Å². The van der Waals surface area contributed by atoms with Crippen LogP contribution in [-0.4, -0.2) is 12.1 Å². The Labute approximate surface area is 84.0 Å². The smallest absolute Gasteiger partial charge is 0.420 e. The monoisotopic (exact) mass is 216 g/mol. The second-order valence-electron chi connectivity index (χ2n) is 2.66. The Bertz CT molecular complexity index is 382. The van der Waals surface area contributed by atoms with Crippen molar-refractivity contribution in [3.05, 3.63) is 36.4 Å². The van der Waals surface area contributed by atoms with E-state index in [0.29, 0.717) is 5.56 Å². The van der Waals surface area contributed by atoms with Gasteiger partial charge in [0.05, 0.1) is 0 Å². The zero-order chi connectivity index (χ0) is 11.5. The lowest BCUT2D eigenvalue weighted by atomic mass is 10.2. The molecule has 0 aliphatic rings. The molecule has 0 radical (unpaired) electrons. The zero-order valence-corrected chi connectivity index (χ0v) is 7.54. The highest BCUT2D eigenvalue weighted by Crippen LogP contribution is 2.20. The second kappa shape index (κ2) is 4.16. The maximum atomic E-state index is 11.8. The molecular weight excluding hydrogens is 209 g/mol. The van der Waals surface area contributed by atoms with Gasteiger partial charge in [-0.15, -0.1) is 0 Å². The number of hydrogen-bond acceptors (Lipinski definition) is 2. The molecule has 0 aliphatic carbocycles. The third-order valence-electron chi connectivity index (χ3n) is 1.54. The van der Waals surface area contributed by atoms with Gasteiger partial charge in [0.25, 0.3) is 0 Å². The number of esters is 1. The largest absolute Gasteiger partial charge is 0.491 e. The van der Waals surface area contributed by atoms with Crippen molar-refractivity contribution in [3.63, 3.8) is 0 Å². The first kappa shape index (κ1) is 11.3. The van der Waals surface area contributed by atoms with Gasteiger partial charge >= 0.3 is 12.1 Å². The predicted octanol–water partition coefficient (Wildman–Crippen LogP) is 2.80. The summed E-state index contributed by atoms with van der Waals surface area (Å²) in [5.74, 6) is -2.39. The van der Waals surface area contributed by atoms with Crippen molar-refractivity contribution in [1.29, 1.82) is 0 Å². The molecule has 0 bridgehead atoms. The van der Waals surface area contributed by atoms with Gasteiger partial charge < -0.3 is 4.74 Å². The van der Waals surface area contributed by atoms with Crippen LogP contribution >= 0.6 is 0 Å². The number of benzene rings is 1. The van der Waals surface area contributed by atoms with Crippen LogP contribution in [0.3, 0.4) is 0 Å². The third kappa shape index (κ3) is 3.12. The molecule has 1 rings (SSSR count). The average Bonchev–Trinajstić information content (AvgIpc) is 2.16. The molecule has 0 saturated heterocycles. The van der Waals surface area contributed by atoms with Gasteiger partial charge in [-0.25, -0.2) is 4.79 Å². The summed E-state index contributed by atoms with van der Waals surface area (Å²) in [6, 6.07) is 5.64. The minimum absolute atomic E-state index is 0.158. The summed E-state index contributed by atoms with van der Waals surface area (Å²) in [5.41, 5.74) is 0.572. The molecule has 1 aromatic rings. The molecule has 0 saturated carbocycles. The quantitative estimate of drug-likeness (QED) is 0.561. The SMILES string of the molecule is C=Cc1cccc(OC(=O)C(F)(F)F)c1. The van der Waals surface area contributed by atoms with Gasteiger partial charge in [0, 0.05) is 0 Å². The topological polar surface area (TPSA) is 26.3 Å². The fraction of sp³-hybridized carbons (Fsp3) is 0.100. The molecule has 0 N–H and O–H groups in total. The van der Waals surface area contributed by atoms with E-state index in [1.54, 1.807) is 6.07 Å². The Kier molecular flexibility index (Phi) is 3.14. The first-order valence-electron chi connectivity index (χ1n) is 3.95. The van der Waals surface area contributed by atoms with E-state index < -0.39 is 12.1 Å². The first-order chi connectivity index (χ1) is 6.93. The minimum atomic E-state index is -4.98. The molecule has 1 aromatic carbocycles. The number of rotatable bonds is 2. The van der Waals surface area contributed by atoms with Gasteiger partial charge in [-0.2, -0.15) is 13.2 Å². The van der Waals surface area contributed by atoms with E-state index in [-0.39, 0.29) is 5.75 Å². The van der Waals surface area contributed by atoms with E-state index in [1.165, 1.54) is 24.3 Å². The average molecular weight is 216 g/mol. The summed E-state index contributed by atoms with van der Waals surface area (Å²) in [4.78, 5) is 10.5. The predicted molar refractivity (Wildman–Crippen MR) is 48.2 cm³/mol. The number of carbonyl (C=O) groups excluding carboxylic acids is 1. The molecule has 0 heterocycles. The maximum absolute atomic E-state index is 11.8. The lowest BCUT2D eigenvalue weighted by molar-refractivity contribution is -0.189. The van der Waals surface area contributed by atoms with Crippen molar-refractivity contribution in [2.75, 3.05) is 0 Å². The summed E-state index contributed by atoms with van der Waals surface area (Å²) in [7, 11) is 0. The Balaban J connectivity index is 2.81. The summed E-state index contributed by atoms with van der Waals surface area (Å²) in [6.45, 7) is 3.44. The molecule has 0 spiro atoms. The van der Waals surface area contributed by atoms with Crippen LogP contribution in [0.4, 0.5) is 13.2 Å². The van der Waals surface area contributed by atoms with E-state index >= 15 is 0 Å². The fourth-order valence-electron chi connectivity index (χ4n) is 0.870. The van der Waals surface area contributed by atoms with Crippen LogP contribution in [0.2, 0.25) is 0 Å². The number of hydrogen-bond donors (Lipinski definition) is 0. The second-order valence-corrected chi connectivity index (χ2v) is 2.66. The summed E-state index contributed by atoms with van der Waals surface area (Å²) in [6.07, 6.45) is -3.55. The van der Waals surface area contributed by atoms with E-state index in [2.05, 4.69) is 11.3 Å². The van der Waals surface area contributed by atoms with Gasteiger partial charge in [-0.3, -0.25) is 0 Å². The van der Waals surface area contributed by atoms with Crippen molar-refractivity contribution < 1.29 is 22.7 Å². The van der Waals surface area contributed by atoms with Crippen LogP contribution in [0, 0.1) is 0 Å². The Morgan fingerprint density at radius 1 is 1.40 bits per heavy atom. The van der Waals surface area contributed by atoms with E-state index in [1.807, 2.05) is 0 Å². The van der Waals surface area contributed by atoms with Crippen molar-refractivity contribution in [2.45, 2.75) is 6.18 Å². The Morgan fingerprint density at radius 3 is 2.60 bits per heavy atom. The minimum Gasteiger partial charge on any atom is -0.420 e. The fourth-order valence-corrected chi connectivity index (χ4v) is 0.870.